The Bertz CT molecular complexity index is 572. The Balaban J connectivity index is 1.88. The van der Waals surface area contributed by atoms with Crippen molar-refractivity contribution < 1.29 is 9.84 Å². The van der Waals surface area contributed by atoms with Crippen molar-refractivity contribution in [1.29, 1.82) is 0 Å². The van der Waals surface area contributed by atoms with E-state index < -0.39 is 6.10 Å². The first-order chi connectivity index (χ1) is 9.05. The normalized spacial score (nSPS) is 17.8. The zero-order chi connectivity index (χ0) is 13.5. The van der Waals surface area contributed by atoms with E-state index in [4.69, 9.17) is 4.74 Å². The van der Waals surface area contributed by atoms with Crippen molar-refractivity contribution in [2.45, 2.75) is 38.4 Å². The molecule has 1 aliphatic rings. The molecule has 0 bridgehead atoms. The van der Waals surface area contributed by atoms with E-state index in [2.05, 4.69) is 26.0 Å². The number of para-hydroxylation sites is 1. The lowest BCUT2D eigenvalue weighted by Crippen LogP contribution is -2.25. The average Bonchev–Trinajstić information content (AvgIpc) is 2.93. The molecule has 3 rings (SSSR count). The molecule has 1 unspecified atom stereocenters. The molecule has 1 N–H and O–H groups in total. The molecule has 1 aromatic heterocycles. The molecular weight excluding hydrogens is 256 g/mol. The van der Waals surface area contributed by atoms with E-state index in [1.54, 1.807) is 11.3 Å². The predicted octanol–water partition coefficient (Wildman–Crippen LogP) is 3.74. The molecule has 1 atom stereocenters. The van der Waals surface area contributed by atoms with Gasteiger partial charge in [0.1, 0.15) is 11.4 Å². The summed E-state index contributed by atoms with van der Waals surface area (Å²) in [6.07, 6.45) is 1.06. The van der Waals surface area contributed by atoms with Gasteiger partial charge in [0, 0.05) is 23.3 Å². The molecule has 0 amide bonds. The van der Waals surface area contributed by atoms with E-state index in [9.17, 15) is 5.11 Å². The van der Waals surface area contributed by atoms with Crippen LogP contribution in [0.2, 0.25) is 0 Å². The van der Waals surface area contributed by atoms with Crippen LogP contribution < -0.4 is 4.74 Å². The maximum absolute atomic E-state index is 10.5. The van der Waals surface area contributed by atoms with Crippen LogP contribution in [0.1, 0.15) is 36.0 Å². The highest BCUT2D eigenvalue weighted by molar-refractivity contribution is 7.09. The number of aliphatic hydroxyl groups excluding tert-OH is 1. The monoisotopic (exact) mass is 274 g/mol. The molecule has 1 aromatic carbocycles. The van der Waals surface area contributed by atoms with Crippen LogP contribution in [0, 0.1) is 0 Å². The number of aliphatic hydroxyl groups is 1. The van der Waals surface area contributed by atoms with Crippen molar-refractivity contribution in [1.82, 2.24) is 0 Å². The standard InChI is InChI=1S/C16H18O2S/c1-16(2)10-11-5-3-7-13(15(11)18-16)14(17)9-12-6-4-8-19-12/h3-8,14,17H,9-10H2,1-2H3. The summed E-state index contributed by atoms with van der Waals surface area (Å²) in [7, 11) is 0. The van der Waals surface area contributed by atoms with E-state index in [1.165, 1.54) is 10.4 Å². The minimum absolute atomic E-state index is 0.166. The van der Waals surface area contributed by atoms with Gasteiger partial charge in [-0.2, -0.15) is 0 Å². The Labute approximate surface area is 117 Å². The summed E-state index contributed by atoms with van der Waals surface area (Å²) in [6.45, 7) is 4.17. The van der Waals surface area contributed by atoms with Crippen LogP contribution in [-0.2, 0) is 12.8 Å². The Morgan fingerprint density at radius 3 is 2.89 bits per heavy atom. The number of ether oxygens (including phenoxy) is 1. The third-order valence-corrected chi connectivity index (χ3v) is 4.35. The maximum atomic E-state index is 10.5. The van der Waals surface area contributed by atoms with Crippen LogP contribution >= 0.6 is 11.3 Å². The summed E-state index contributed by atoms with van der Waals surface area (Å²) in [5, 5.41) is 12.5. The molecule has 100 valence electrons. The molecule has 0 saturated heterocycles. The average molecular weight is 274 g/mol. The number of fused-ring (bicyclic) bond motifs is 1. The first-order valence-corrected chi connectivity index (χ1v) is 7.44. The second kappa shape index (κ2) is 4.66. The van der Waals surface area contributed by atoms with Gasteiger partial charge in [0.25, 0.3) is 0 Å². The van der Waals surface area contributed by atoms with Gasteiger partial charge in [0.2, 0.25) is 0 Å². The van der Waals surface area contributed by atoms with Gasteiger partial charge >= 0.3 is 0 Å². The van der Waals surface area contributed by atoms with E-state index in [1.807, 2.05) is 23.6 Å². The minimum atomic E-state index is -0.498. The Hall–Kier alpha value is -1.32. The quantitative estimate of drug-likeness (QED) is 0.924. The molecule has 0 fully saturated rings. The first kappa shape index (κ1) is 12.7. The molecular formula is C16H18O2S. The third kappa shape index (κ3) is 2.53. The Morgan fingerprint density at radius 1 is 1.32 bits per heavy atom. The fourth-order valence-electron chi connectivity index (χ4n) is 2.63. The second-order valence-corrected chi connectivity index (χ2v) is 6.71. The molecule has 0 saturated carbocycles. The van der Waals surface area contributed by atoms with Crippen molar-refractivity contribution in [2.75, 3.05) is 0 Å². The summed E-state index contributed by atoms with van der Waals surface area (Å²) in [6, 6.07) is 10.1. The van der Waals surface area contributed by atoms with Gasteiger partial charge in [-0.25, -0.2) is 0 Å². The molecule has 0 aliphatic carbocycles. The van der Waals surface area contributed by atoms with Crippen LogP contribution in [-0.4, -0.2) is 10.7 Å². The predicted molar refractivity (Wildman–Crippen MR) is 77.8 cm³/mol. The van der Waals surface area contributed by atoms with Gasteiger partial charge < -0.3 is 9.84 Å². The molecule has 1 aliphatic heterocycles. The van der Waals surface area contributed by atoms with Gasteiger partial charge in [-0.15, -0.1) is 11.3 Å². The van der Waals surface area contributed by atoms with E-state index in [0.29, 0.717) is 6.42 Å². The highest BCUT2D eigenvalue weighted by Crippen LogP contribution is 2.40. The van der Waals surface area contributed by atoms with Crippen molar-refractivity contribution >= 4 is 11.3 Å². The van der Waals surface area contributed by atoms with Crippen LogP contribution in [0.15, 0.2) is 35.7 Å². The summed E-state index contributed by atoms with van der Waals surface area (Å²) >= 11 is 1.68. The van der Waals surface area contributed by atoms with Crippen LogP contribution in [0.5, 0.6) is 5.75 Å². The summed E-state index contributed by atoms with van der Waals surface area (Å²) in [4.78, 5) is 1.20. The zero-order valence-corrected chi connectivity index (χ0v) is 12.0. The van der Waals surface area contributed by atoms with Crippen molar-refractivity contribution in [3.63, 3.8) is 0 Å². The van der Waals surface area contributed by atoms with Crippen molar-refractivity contribution in [3.8, 4) is 5.75 Å². The van der Waals surface area contributed by atoms with Crippen LogP contribution in [0.25, 0.3) is 0 Å². The molecule has 19 heavy (non-hydrogen) atoms. The second-order valence-electron chi connectivity index (χ2n) is 5.67. The van der Waals surface area contributed by atoms with Gasteiger partial charge in [0.15, 0.2) is 0 Å². The third-order valence-electron chi connectivity index (χ3n) is 3.46. The lowest BCUT2D eigenvalue weighted by Gasteiger charge is -2.19. The Kier molecular flexibility index (Phi) is 3.11. The molecule has 0 spiro atoms. The SMILES string of the molecule is CC1(C)Cc2cccc(C(O)Cc3cccs3)c2O1. The molecule has 2 nitrogen and oxygen atoms in total. The number of thiophene rings is 1. The Morgan fingerprint density at radius 2 is 2.16 bits per heavy atom. The fraction of sp³-hybridized carbons (Fsp3) is 0.375. The largest absolute Gasteiger partial charge is 0.487 e. The molecule has 3 heteroatoms. The first-order valence-electron chi connectivity index (χ1n) is 6.56. The van der Waals surface area contributed by atoms with Gasteiger partial charge in [-0.1, -0.05) is 24.3 Å². The van der Waals surface area contributed by atoms with E-state index >= 15 is 0 Å². The summed E-state index contributed by atoms with van der Waals surface area (Å²) in [5.74, 6) is 0.886. The minimum Gasteiger partial charge on any atom is -0.487 e. The fourth-order valence-corrected chi connectivity index (χ4v) is 3.37. The number of hydrogen-bond donors (Lipinski definition) is 1. The van der Waals surface area contributed by atoms with Crippen molar-refractivity contribution in [3.05, 3.63) is 51.7 Å². The van der Waals surface area contributed by atoms with Crippen LogP contribution in [0.3, 0.4) is 0 Å². The summed E-state index contributed by atoms with van der Waals surface area (Å²) < 4.78 is 6.01. The van der Waals surface area contributed by atoms with Crippen molar-refractivity contribution in [2.24, 2.45) is 0 Å². The maximum Gasteiger partial charge on any atom is 0.129 e. The molecule has 2 heterocycles. The highest BCUT2D eigenvalue weighted by atomic mass is 32.1. The summed E-state index contributed by atoms with van der Waals surface area (Å²) in [5.41, 5.74) is 1.95. The smallest absolute Gasteiger partial charge is 0.129 e. The number of hydrogen-bond acceptors (Lipinski definition) is 3. The van der Waals surface area contributed by atoms with Gasteiger partial charge in [-0.05, 0) is 30.9 Å². The van der Waals surface area contributed by atoms with Gasteiger partial charge in [0.05, 0.1) is 6.10 Å². The zero-order valence-electron chi connectivity index (χ0n) is 11.2. The topological polar surface area (TPSA) is 29.5 Å². The van der Waals surface area contributed by atoms with E-state index in [0.717, 1.165) is 17.7 Å². The van der Waals surface area contributed by atoms with Crippen LogP contribution in [0.4, 0.5) is 0 Å². The number of benzene rings is 1. The highest BCUT2D eigenvalue weighted by Gasteiger charge is 2.32. The lowest BCUT2D eigenvalue weighted by molar-refractivity contribution is 0.126. The van der Waals surface area contributed by atoms with E-state index in [-0.39, 0.29) is 5.60 Å². The number of rotatable bonds is 3. The van der Waals surface area contributed by atoms with Gasteiger partial charge in [-0.3, -0.25) is 0 Å². The molecule has 2 aromatic rings. The lowest BCUT2D eigenvalue weighted by atomic mass is 9.98. The molecule has 0 radical (unpaired) electrons.